The predicted octanol–water partition coefficient (Wildman–Crippen LogP) is 5.89. The Bertz CT molecular complexity index is 1300. The predicted molar refractivity (Wildman–Crippen MR) is 128 cm³/mol. The summed E-state index contributed by atoms with van der Waals surface area (Å²) in [5, 5.41) is 7.00. The summed E-state index contributed by atoms with van der Waals surface area (Å²) in [7, 11) is 1.46. The van der Waals surface area contributed by atoms with Crippen molar-refractivity contribution < 1.29 is 27.9 Å². The van der Waals surface area contributed by atoms with Crippen molar-refractivity contribution in [2.45, 2.75) is 18.9 Å². The number of carbonyl (C=O) groups excluding carboxylic acids is 1. The second-order valence-electron chi connectivity index (χ2n) is 7.97. The highest BCUT2D eigenvalue weighted by molar-refractivity contribution is 6.39. The molecule has 1 amide bonds. The molecule has 1 aliphatic heterocycles. The fourth-order valence-corrected chi connectivity index (χ4v) is 3.87. The molecule has 1 aliphatic rings. The van der Waals surface area contributed by atoms with E-state index >= 15 is 0 Å². The molecule has 1 aromatic heterocycles. The van der Waals surface area contributed by atoms with Gasteiger partial charge in [-0.05, 0) is 37.3 Å². The number of hydrogen-bond acceptors (Lipinski definition) is 6. The first-order chi connectivity index (χ1) is 16.7. The minimum absolute atomic E-state index is 0.00621. The lowest BCUT2D eigenvalue weighted by molar-refractivity contribution is -0.0361. The zero-order valence-corrected chi connectivity index (χ0v) is 20.1. The van der Waals surface area contributed by atoms with Crippen LogP contribution in [0.1, 0.15) is 29.3 Å². The van der Waals surface area contributed by atoms with Gasteiger partial charge >= 0.3 is 0 Å². The molecule has 0 saturated carbocycles. The van der Waals surface area contributed by atoms with E-state index < -0.39 is 23.1 Å². The zero-order chi connectivity index (χ0) is 25.2. The summed E-state index contributed by atoms with van der Waals surface area (Å²) in [6, 6.07) is 7.88. The van der Waals surface area contributed by atoms with Gasteiger partial charge in [0, 0.05) is 36.0 Å². The summed E-state index contributed by atoms with van der Waals surface area (Å²) >= 11 is 12.2. The monoisotopic (exact) mass is 521 g/mol. The number of oxime groups is 1. The number of hydrogen-bond donors (Lipinski definition) is 1. The second-order valence-corrected chi connectivity index (χ2v) is 8.78. The largest absolute Gasteiger partial charge is 0.493 e. The Kier molecular flexibility index (Phi) is 7.09. The number of methoxy groups -OCH3 is 1. The van der Waals surface area contributed by atoms with Crippen molar-refractivity contribution in [1.29, 1.82) is 0 Å². The van der Waals surface area contributed by atoms with Crippen LogP contribution in [0.4, 0.5) is 14.5 Å². The number of pyridine rings is 1. The van der Waals surface area contributed by atoms with Crippen molar-refractivity contribution in [3.8, 4) is 11.5 Å². The number of aromatic nitrogens is 1. The summed E-state index contributed by atoms with van der Waals surface area (Å²) < 4.78 is 38.6. The van der Waals surface area contributed by atoms with Crippen LogP contribution in [0.3, 0.4) is 0 Å². The van der Waals surface area contributed by atoms with Crippen LogP contribution in [0.25, 0.3) is 0 Å². The molecule has 0 saturated heterocycles. The van der Waals surface area contributed by atoms with Gasteiger partial charge in [0.05, 0.1) is 28.6 Å². The van der Waals surface area contributed by atoms with Gasteiger partial charge in [0.2, 0.25) is 0 Å². The van der Waals surface area contributed by atoms with Crippen LogP contribution in [-0.2, 0) is 4.84 Å². The summed E-state index contributed by atoms with van der Waals surface area (Å²) in [5.41, 5.74) is 0.0423. The molecule has 0 fully saturated rings. The molecule has 35 heavy (non-hydrogen) atoms. The van der Waals surface area contributed by atoms with Crippen LogP contribution in [-0.4, -0.2) is 35.9 Å². The van der Waals surface area contributed by atoms with Gasteiger partial charge in [-0.3, -0.25) is 9.78 Å². The number of amides is 1. The summed E-state index contributed by atoms with van der Waals surface area (Å²) in [5.74, 6) is -1.23. The maximum absolute atomic E-state index is 14.1. The Morgan fingerprint density at radius 1 is 1.14 bits per heavy atom. The Morgan fingerprint density at radius 2 is 1.89 bits per heavy atom. The molecule has 0 spiro atoms. The second kappa shape index (κ2) is 10.1. The molecular formula is C24H19Cl2F2N3O4. The number of carbonyl (C=O) groups is 1. The number of anilines is 1. The third-order valence-electron chi connectivity index (χ3n) is 5.21. The maximum Gasteiger partial charge on any atom is 0.255 e. The molecule has 7 nitrogen and oxygen atoms in total. The van der Waals surface area contributed by atoms with E-state index in [0.717, 1.165) is 12.1 Å². The Balaban J connectivity index is 1.47. The van der Waals surface area contributed by atoms with Crippen molar-refractivity contribution >= 4 is 40.5 Å². The Labute approximate surface area is 209 Å². The van der Waals surface area contributed by atoms with Gasteiger partial charge in [-0.1, -0.05) is 28.4 Å². The SMILES string of the molecule is COc1ccc(C(=O)Nc2c(Cl)cncc2Cl)cc1OCC1(C)CC(c2ccc(F)cc2F)=NO1. The highest BCUT2D eigenvalue weighted by Crippen LogP contribution is 2.34. The average Bonchev–Trinajstić information content (AvgIpc) is 3.21. The fraction of sp³-hybridized carbons (Fsp3) is 0.208. The molecule has 4 rings (SSSR count). The molecular weight excluding hydrogens is 503 g/mol. The van der Waals surface area contributed by atoms with Gasteiger partial charge < -0.3 is 19.6 Å². The van der Waals surface area contributed by atoms with Crippen LogP contribution < -0.4 is 14.8 Å². The van der Waals surface area contributed by atoms with Gasteiger partial charge in [0.1, 0.15) is 18.2 Å². The third-order valence-corrected chi connectivity index (χ3v) is 5.78. The fourth-order valence-electron chi connectivity index (χ4n) is 3.41. The van der Waals surface area contributed by atoms with Crippen LogP contribution in [0, 0.1) is 11.6 Å². The maximum atomic E-state index is 14.1. The van der Waals surface area contributed by atoms with E-state index in [4.69, 9.17) is 37.5 Å². The van der Waals surface area contributed by atoms with Crippen molar-refractivity contribution in [1.82, 2.24) is 4.98 Å². The van der Waals surface area contributed by atoms with E-state index in [1.165, 1.54) is 31.6 Å². The van der Waals surface area contributed by atoms with E-state index in [-0.39, 0.29) is 45.6 Å². The molecule has 1 atom stereocenters. The van der Waals surface area contributed by atoms with Gasteiger partial charge in [0.25, 0.3) is 5.91 Å². The van der Waals surface area contributed by atoms with E-state index in [1.54, 1.807) is 19.1 Å². The standard InChI is InChI=1S/C24H19Cl2F2N3O4/c1-24(9-19(31-35-24)15-5-4-14(27)8-18(15)28)12-34-21-7-13(3-6-20(21)33-2)23(32)30-22-16(25)10-29-11-17(22)26/h3-8,10-11H,9,12H2,1-2H3,(H,29,30,32). The molecule has 182 valence electrons. The van der Waals surface area contributed by atoms with E-state index in [1.807, 2.05) is 0 Å². The Morgan fingerprint density at radius 3 is 2.57 bits per heavy atom. The van der Waals surface area contributed by atoms with Crippen molar-refractivity contribution in [2.24, 2.45) is 5.16 Å². The van der Waals surface area contributed by atoms with E-state index in [0.29, 0.717) is 11.5 Å². The Hall–Kier alpha value is -3.43. The summed E-state index contributed by atoms with van der Waals surface area (Å²) in [6.07, 6.45) is 2.95. The highest BCUT2D eigenvalue weighted by Gasteiger charge is 2.37. The number of rotatable bonds is 7. The molecule has 1 unspecified atom stereocenters. The first-order valence-corrected chi connectivity index (χ1v) is 11.1. The molecule has 2 aromatic carbocycles. The summed E-state index contributed by atoms with van der Waals surface area (Å²) in [6.45, 7) is 1.74. The van der Waals surface area contributed by atoms with Crippen LogP contribution in [0.2, 0.25) is 10.0 Å². The lowest BCUT2D eigenvalue weighted by Crippen LogP contribution is -2.33. The molecule has 3 aromatic rings. The normalized spacial score (nSPS) is 16.9. The minimum Gasteiger partial charge on any atom is -0.493 e. The first kappa shape index (κ1) is 24.7. The van der Waals surface area contributed by atoms with Crippen molar-refractivity contribution in [3.05, 3.63) is 81.6 Å². The smallest absolute Gasteiger partial charge is 0.255 e. The van der Waals surface area contributed by atoms with Gasteiger partial charge in [-0.15, -0.1) is 0 Å². The van der Waals surface area contributed by atoms with Crippen LogP contribution >= 0.6 is 23.2 Å². The lowest BCUT2D eigenvalue weighted by atomic mass is 9.96. The lowest BCUT2D eigenvalue weighted by Gasteiger charge is -2.22. The number of halogens is 4. The van der Waals surface area contributed by atoms with Crippen LogP contribution in [0.5, 0.6) is 11.5 Å². The number of ether oxygens (including phenoxy) is 2. The molecule has 0 aliphatic carbocycles. The molecule has 2 heterocycles. The van der Waals surface area contributed by atoms with Crippen molar-refractivity contribution in [2.75, 3.05) is 19.0 Å². The number of benzene rings is 2. The zero-order valence-electron chi connectivity index (χ0n) is 18.6. The minimum atomic E-state index is -0.933. The van der Waals surface area contributed by atoms with E-state index in [2.05, 4.69) is 15.5 Å². The molecule has 1 N–H and O–H groups in total. The van der Waals surface area contributed by atoms with Gasteiger partial charge in [0.15, 0.2) is 17.1 Å². The number of nitrogens with zero attached hydrogens (tertiary/aromatic N) is 2. The first-order valence-electron chi connectivity index (χ1n) is 10.3. The number of nitrogens with one attached hydrogen (secondary N) is 1. The molecule has 11 heteroatoms. The molecule has 0 radical (unpaired) electrons. The summed E-state index contributed by atoms with van der Waals surface area (Å²) in [4.78, 5) is 22.2. The third kappa shape index (κ3) is 5.47. The van der Waals surface area contributed by atoms with E-state index in [9.17, 15) is 13.6 Å². The van der Waals surface area contributed by atoms with Crippen LogP contribution in [0.15, 0.2) is 53.9 Å². The quantitative estimate of drug-likeness (QED) is 0.419. The average molecular weight is 522 g/mol. The highest BCUT2D eigenvalue weighted by atomic mass is 35.5. The topological polar surface area (TPSA) is 82.0 Å². The van der Waals surface area contributed by atoms with Gasteiger partial charge in [-0.2, -0.15) is 0 Å². The van der Waals surface area contributed by atoms with Crippen molar-refractivity contribution in [3.63, 3.8) is 0 Å². The van der Waals surface area contributed by atoms with Gasteiger partial charge in [-0.25, -0.2) is 8.78 Å². The molecule has 0 bridgehead atoms.